The summed E-state index contributed by atoms with van der Waals surface area (Å²) in [5.41, 5.74) is 0. The summed E-state index contributed by atoms with van der Waals surface area (Å²) in [6, 6.07) is 7.91. The molecule has 2 atom stereocenters. The monoisotopic (exact) mass is 255 g/mol. The molecule has 17 heavy (non-hydrogen) atoms. The lowest BCUT2D eigenvalue weighted by Crippen LogP contribution is -2.41. The zero-order valence-electron chi connectivity index (χ0n) is 10.9. The van der Waals surface area contributed by atoms with E-state index in [9.17, 15) is 0 Å². The molecule has 0 fully saturated rings. The predicted octanol–water partition coefficient (Wildman–Crippen LogP) is 3.89. The average molecular weight is 256 g/mol. The fourth-order valence-electron chi connectivity index (χ4n) is 1.78. The van der Waals surface area contributed by atoms with E-state index in [1.54, 1.807) is 0 Å². The van der Waals surface area contributed by atoms with Crippen molar-refractivity contribution in [3.05, 3.63) is 29.3 Å². The van der Waals surface area contributed by atoms with Crippen molar-refractivity contribution < 1.29 is 4.74 Å². The van der Waals surface area contributed by atoms with Crippen LogP contribution < -0.4 is 10.1 Å². The summed E-state index contributed by atoms with van der Waals surface area (Å²) in [5, 5.41) is 4.24. The molecule has 0 spiro atoms. The van der Waals surface area contributed by atoms with Gasteiger partial charge in [-0.3, -0.25) is 0 Å². The maximum absolute atomic E-state index is 5.90. The molecular weight excluding hydrogens is 234 g/mol. The number of ether oxygens (including phenoxy) is 1. The Morgan fingerprint density at radius 1 is 1.24 bits per heavy atom. The van der Waals surface area contributed by atoms with E-state index < -0.39 is 0 Å². The average Bonchev–Trinajstić information content (AvgIpc) is 2.33. The van der Waals surface area contributed by atoms with E-state index in [0.29, 0.717) is 6.04 Å². The topological polar surface area (TPSA) is 21.3 Å². The first-order valence-corrected chi connectivity index (χ1v) is 6.70. The summed E-state index contributed by atoms with van der Waals surface area (Å²) in [4.78, 5) is 0. The molecular formula is C14H22ClNO. The van der Waals surface area contributed by atoms with Gasteiger partial charge in [0, 0.05) is 11.1 Å². The Hall–Kier alpha value is -0.730. The molecule has 0 aliphatic carbocycles. The summed E-state index contributed by atoms with van der Waals surface area (Å²) in [6.07, 6.45) is 2.37. The Kier molecular flexibility index (Phi) is 6.38. The Bertz CT molecular complexity index is 313. The van der Waals surface area contributed by atoms with Crippen molar-refractivity contribution in [2.75, 3.05) is 6.54 Å². The number of nitrogens with one attached hydrogen (secondary N) is 1. The Morgan fingerprint density at radius 3 is 2.41 bits per heavy atom. The van der Waals surface area contributed by atoms with Crippen molar-refractivity contribution in [1.82, 2.24) is 5.32 Å². The van der Waals surface area contributed by atoms with Crippen molar-refractivity contribution >= 4 is 11.6 Å². The van der Waals surface area contributed by atoms with Crippen LogP contribution in [0.4, 0.5) is 0 Å². The maximum atomic E-state index is 5.90. The third kappa shape index (κ3) is 4.97. The highest BCUT2D eigenvalue weighted by atomic mass is 35.5. The second-order valence-electron chi connectivity index (χ2n) is 4.25. The van der Waals surface area contributed by atoms with Crippen LogP contribution in [0.3, 0.4) is 0 Å². The maximum Gasteiger partial charge on any atom is 0.119 e. The first kappa shape index (κ1) is 14.3. The van der Waals surface area contributed by atoms with Crippen LogP contribution in [0.1, 0.15) is 33.6 Å². The van der Waals surface area contributed by atoms with Crippen LogP contribution in [0, 0.1) is 0 Å². The van der Waals surface area contributed by atoms with Crippen LogP contribution in [-0.4, -0.2) is 18.7 Å². The molecule has 0 heterocycles. The number of benzene rings is 1. The fraction of sp³-hybridized carbons (Fsp3) is 0.571. The van der Waals surface area contributed by atoms with Gasteiger partial charge >= 0.3 is 0 Å². The van der Waals surface area contributed by atoms with Gasteiger partial charge in [0.05, 0.1) is 0 Å². The molecule has 0 amide bonds. The lowest BCUT2D eigenvalue weighted by atomic mass is 10.1. The van der Waals surface area contributed by atoms with Crippen LogP contribution in [0.5, 0.6) is 5.75 Å². The highest BCUT2D eigenvalue weighted by Gasteiger charge is 2.15. The van der Waals surface area contributed by atoms with Gasteiger partial charge in [0.25, 0.3) is 0 Å². The van der Waals surface area contributed by atoms with E-state index >= 15 is 0 Å². The molecule has 0 saturated carbocycles. The third-order valence-electron chi connectivity index (χ3n) is 2.80. The van der Waals surface area contributed by atoms with Gasteiger partial charge in [-0.15, -0.1) is 0 Å². The van der Waals surface area contributed by atoms with E-state index in [0.717, 1.165) is 30.2 Å². The molecule has 0 aliphatic rings. The minimum absolute atomic E-state index is 0.160. The third-order valence-corrected chi connectivity index (χ3v) is 3.05. The van der Waals surface area contributed by atoms with E-state index in [2.05, 4.69) is 26.1 Å². The van der Waals surface area contributed by atoms with Crippen LogP contribution >= 0.6 is 11.6 Å². The van der Waals surface area contributed by atoms with Crippen molar-refractivity contribution in [1.29, 1.82) is 0 Å². The smallest absolute Gasteiger partial charge is 0.119 e. The number of hydrogen-bond donors (Lipinski definition) is 1. The van der Waals surface area contributed by atoms with E-state index in [4.69, 9.17) is 16.3 Å². The predicted molar refractivity (Wildman–Crippen MR) is 73.9 cm³/mol. The molecule has 2 unspecified atom stereocenters. The normalized spacial score (nSPS) is 14.4. The van der Waals surface area contributed by atoms with Gasteiger partial charge in [0.15, 0.2) is 0 Å². The minimum atomic E-state index is 0.160. The zero-order valence-corrected chi connectivity index (χ0v) is 11.6. The highest BCUT2D eigenvalue weighted by molar-refractivity contribution is 6.30. The molecule has 3 heteroatoms. The largest absolute Gasteiger partial charge is 0.489 e. The van der Waals surface area contributed by atoms with Gasteiger partial charge in [-0.05, 0) is 50.6 Å². The second-order valence-corrected chi connectivity index (χ2v) is 4.68. The molecule has 0 radical (unpaired) electrons. The molecule has 0 aromatic heterocycles. The Labute approximate surface area is 109 Å². The van der Waals surface area contributed by atoms with Crippen LogP contribution in [0.2, 0.25) is 5.02 Å². The summed E-state index contributed by atoms with van der Waals surface area (Å²) in [5.74, 6) is 0.874. The highest BCUT2D eigenvalue weighted by Crippen LogP contribution is 2.18. The van der Waals surface area contributed by atoms with Crippen LogP contribution in [0.15, 0.2) is 24.3 Å². The van der Waals surface area contributed by atoms with E-state index in [-0.39, 0.29) is 6.10 Å². The van der Waals surface area contributed by atoms with E-state index in [1.165, 1.54) is 0 Å². The molecule has 0 aliphatic heterocycles. The SMILES string of the molecule is CCCNC(CC)C(C)Oc1ccc(Cl)cc1. The summed E-state index contributed by atoms with van der Waals surface area (Å²) in [6.45, 7) is 7.48. The van der Waals surface area contributed by atoms with Gasteiger partial charge in [-0.25, -0.2) is 0 Å². The Balaban J connectivity index is 2.51. The summed E-state index contributed by atoms with van der Waals surface area (Å²) >= 11 is 5.84. The first-order valence-electron chi connectivity index (χ1n) is 6.33. The van der Waals surface area contributed by atoms with E-state index in [1.807, 2.05) is 24.3 Å². The van der Waals surface area contributed by atoms with Crippen molar-refractivity contribution in [3.63, 3.8) is 0 Å². The summed E-state index contributed by atoms with van der Waals surface area (Å²) in [7, 11) is 0. The second kappa shape index (κ2) is 7.57. The fourth-order valence-corrected chi connectivity index (χ4v) is 1.91. The molecule has 1 N–H and O–H groups in total. The number of rotatable bonds is 7. The van der Waals surface area contributed by atoms with Gasteiger partial charge < -0.3 is 10.1 Å². The number of halogens is 1. The standard InChI is InChI=1S/C14H22ClNO/c1-4-10-16-14(5-2)11(3)17-13-8-6-12(15)7-9-13/h6-9,11,14,16H,4-5,10H2,1-3H3. The van der Waals surface area contributed by atoms with Gasteiger partial charge in [-0.2, -0.15) is 0 Å². The minimum Gasteiger partial charge on any atom is -0.489 e. The van der Waals surface area contributed by atoms with Gasteiger partial charge in [0.1, 0.15) is 11.9 Å². The molecule has 1 aromatic carbocycles. The van der Waals surface area contributed by atoms with Crippen LogP contribution in [-0.2, 0) is 0 Å². The first-order chi connectivity index (χ1) is 8.17. The molecule has 96 valence electrons. The zero-order chi connectivity index (χ0) is 12.7. The van der Waals surface area contributed by atoms with Crippen molar-refractivity contribution in [3.8, 4) is 5.75 Å². The Morgan fingerprint density at radius 2 is 1.88 bits per heavy atom. The summed E-state index contributed by atoms with van der Waals surface area (Å²) < 4.78 is 5.90. The van der Waals surface area contributed by atoms with Crippen molar-refractivity contribution in [2.45, 2.75) is 45.8 Å². The molecule has 2 nitrogen and oxygen atoms in total. The lowest BCUT2D eigenvalue weighted by Gasteiger charge is -2.25. The van der Waals surface area contributed by atoms with Gasteiger partial charge in [0.2, 0.25) is 0 Å². The van der Waals surface area contributed by atoms with Gasteiger partial charge in [-0.1, -0.05) is 25.4 Å². The molecule has 1 aromatic rings. The van der Waals surface area contributed by atoms with Crippen molar-refractivity contribution in [2.24, 2.45) is 0 Å². The van der Waals surface area contributed by atoms with Crippen LogP contribution in [0.25, 0.3) is 0 Å². The molecule has 0 saturated heterocycles. The number of hydrogen-bond acceptors (Lipinski definition) is 2. The quantitative estimate of drug-likeness (QED) is 0.798. The lowest BCUT2D eigenvalue weighted by molar-refractivity contribution is 0.167. The molecule has 1 rings (SSSR count). The molecule has 0 bridgehead atoms.